The van der Waals surface area contributed by atoms with Crippen LogP contribution in [-0.2, 0) is 25.5 Å². The number of hydrogen-bond acceptors (Lipinski definition) is 5. The zero-order valence-electron chi connectivity index (χ0n) is 18.7. The van der Waals surface area contributed by atoms with Crippen LogP contribution >= 0.6 is 0 Å². The molecule has 3 N–H and O–H groups in total. The summed E-state index contributed by atoms with van der Waals surface area (Å²) in [5.41, 5.74) is 0.277. The van der Waals surface area contributed by atoms with Crippen molar-refractivity contribution in [1.29, 1.82) is 0 Å². The van der Waals surface area contributed by atoms with Crippen molar-refractivity contribution in [3.8, 4) is 0 Å². The molecule has 2 amide bonds. The Morgan fingerprint density at radius 3 is 2.23 bits per heavy atom. The molecule has 1 aromatic rings. The molecule has 0 saturated carbocycles. The topological polar surface area (TPSA) is 105 Å². The van der Waals surface area contributed by atoms with Gasteiger partial charge in [-0.05, 0) is 46.1 Å². The molecule has 1 aromatic carbocycles. The summed E-state index contributed by atoms with van der Waals surface area (Å²) >= 11 is 0. The molecule has 0 saturated heterocycles. The van der Waals surface area contributed by atoms with E-state index in [-0.39, 0.29) is 18.2 Å². The second-order valence-electron chi connectivity index (χ2n) is 8.63. The Bertz CT molecular complexity index is 683. The van der Waals surface area contributed by atoms with Crippen molar-refractivity contribution in [2.75, 3.05) is 7.05 Å². The molecule has 0 bridgehead atoms. The smallest absolute Gasteiger partial charge is 0.307 e. The number of benzene rings is 1. The largest absolute Gasteiger partial charge is 0.460 e. The van der Waals surface area contributed by atoms with E-state index in [2.05, 4.69) is 10.6 Å². The van der Waals surface area contributed by atoms with Gasteiger partial charge in [0, 0.05) is 19.4 Å². The number of carbonyl (C=O) groups excluding carboxylic acids is 3. The highest BCUT2D eigenvalue weighted by Crippen LogP contribution is 2.18. The lowest BCUT2D eigenvalue weighted by molar-refractivity contribution is -0.157. The first kappa shape index (κ1) is 25.6. The van der Waals surface area contributed by atoms with Gasteiger partial charge in [-0.1, -0.05) is 36.8 Å². The summed E-state index contributed by atoms with van der Waals surface area (Å²) in [4.78, 5) is 37.6. The Labute approximate surface area is 179 Å². The number of ether oxygens (including phenoxy) is 1. The molecule has 1 unspecified atom stereocenters. The Balaban J connectivity index is 2.88. The van der Waals surface area contributed by atoms with Gasteiger partial charge >= 0.3 is 5.97 Å². The van der Waals surface area contributed by atoms with Crippen LogP contribution < -0.4 is 10.6 Å². The van der Waals surface area contributed by atoms with Crippen LogP contribution in [0.4, 0.5) is 0 Å². The van der Waals surface area contributed by atoms with Gasteiger partial charge in [0.05, 0.1) is 12.5 Å². The quantitative estimate of drug-likeness (QED) is 0.477. The monoisotopic (exact) mass is 420 g/mol. The molecule has 0 aromatic heterocycles. The number of esters is 1. The molecule has 0 spiro atoms. The van der Waals surface area contributed by atoms with Gasteiger partial charge in [0.25, 0.3) is 0 Å². The van der Waals surface area contributed by atoms with Crippen LogP contribution in [-0.4, -0.2) is 47.7 Å². The van der Waals surface area contributed by atoms with Crippen LogP contribution in [0.5, 0.6) is 0 Å². The molecule has 1 rings (SSSR count). The van der Waals surface area contributed by atoms with Crippen molar-refractivity contribution < 1.29 is 24.2 Å². The van der Waals surface area contributed by atoms with Gasteiger partial charge in [0.2, 0.25) is 11.8 Å². The number of hydrogen-bond donors (Lipinski definition) is 3. The third-order valence-electron chi connectivity index (χ3n) is 4.54. The van der Waals surface area contributed by atoms with E-state index in [0.29, 0.717) is 25.7 Å². The van der Waals surface area contributed by atoms with E-state index in [1.807, 2.05) is 30.3 Å². The fourth-order valence-electron chi connectivity index (χ4n) is 3.09. The predicted octanol–water partition coefficient (Wildman–Crippen LogP) is 2.36. The van der Waals surface area contributed by atoms with Crippen molar-refractivity contribution in [3.05, 3.63) is 35.9 Å². The number of aliphatic hydroxyl groups is 1. The first-order valence-corrected chi connectivity index (χ1v) is 10.5. The summed E-state index contributed by atoms with van der Waals surface area (Å²) in [6.07, 6.45) is 1.32. The number of carbonyl (C=O) groups is 3. The number of rotatable bonds is 11. The molecule has 30 heavy (non-hydrogen) atoms. The Hall–Kier alpha value is -2.41. The summed E-state index contributed by atoms with van der Waals surface area (Å²) in [7, 11) is 1.52. The highest BCUT2D eigenvalue weighted by atomic mass is 16.6. The SMILES string of the molecule is CNC(=O)[C@H](Cc1ccccc1)NC(=O)[C@H](CCCC(C)O)CC(=O)OC(C)(C)C. The van der Waals surface area contributed by atoms with Crippen molar-refractivity contribution in [2.45, 2.75) is 77.5 Å². The van der Waals surface area contributed by atoms with E-state index in [1.165, 1.54) is 7.05 Å². The minimum Gasteiger partial charge on any atom is -0.460 e. The molecule has 168 valence electrons. The van der Waals surface area contributed by atoms with E-state index in [0.717, 1.165) is 5.56 Å². The van der Waals surface area contributed by atoms with Gasteiger partial charge in [-0.3, -0.25) is 14.4 Å². The standard InChI is InChI=1S/C23H36N2O5/c1-16(26)10-9-13-18(15-20(27)30-23(2,3)4)21(28)25-19(22(29)24-5)14-17-11-7-6-8-12-17/h6-8,11-12,16,18-19,26H,9-10,13-15H2,1-5H3,(H,24,29)(H,25,28)/t16?,18-,19+/m1/s1. The molecule has 3 atom stereocenters. The fraction of sp³-hybridized carbons (Fsp3) is 0.609. The lowest BCUT2D eigenvalue weighted by atomic mass is 9.95. The average Bonchev–Trinajstić information content (AvgIpc) is 2.65. The molecule has 0 fully saturated rings. The van der Waals surface area contributed by atoms with Crippen LogP contribution in [0.3, 0.4) is 0 Å². The Morgan fingerprint density at radius 1 is 1.07 bits per heavy atom. The summed E-state index contributed by atoms with van der Waals surface area (Å²) in [5.74, 6) is -1.76. The van der Waals surface area contributed by atoms with Gasteiger partial charge < -0.3 is 20.5 Å². The second-order valence-corrected chi connectivity index (χ2v) is 8.63. The molecule has 0 aliphatic rings. The zero-order chi connectivity index (χ0) is 22.7. The fourth-order valence-corrected chi connectivity index (χ4v) is 3.09. The molecular weight excluding hydrogens is 384 g/mol. The number of likely N-dealkylation sites (N-methyl/N-ethyl adjacent to an activating group) is 1. The summed E-state index contributed by atoms with van der Waals surface area (Å²) in [6, 6.07) is 8.67. The third kappa shape index (κ3) is 10.4. The van der Waals surface area contributed by atoms with Crippen molar-refractivity contribution in [1.82, 2.24) is 10.6 Å². The second kappa shape index (κ2) is 12.3. The molecule has 7 nitrogen and oxygen atoms in total. The van der Waals surface area contributed by atoms with E-state index in [4.69, 9.17) is 4.74 Å². The summed E-state index contributed by atoms with van der Waals surface area (Å²) in [5, 5.41) is 14.9. The van der Waals surface area contributed by atoms with Crippen LogP contribution in [0.25, 0.3) is 0 Å². The highest BCUT2D eigenvalue weighted by Gasteiger charge is 2.28. The van der Waals surface area contributed by atoms with E-state index in [1.54, 1.807) is 27.7 Å². The minimum atomic E-state index is -0.747. The molecule has 0 aliphatic heterocycles. The molecule has 0 aliphatic carbocycles. The van der Waals surface area contributed by atoms with Crippen LogP contribution in [0.2, 0.25) is 0 Å². The summed E-state index contributed by atoms with van der Waals surface area (Å²) < 4.78 is 5.37. The van der Waals surface area contributed by atoms with Crippen LogP contribution in [0.15, 0.2) is 30.3 Å². The lowest BCUT2D eigenvalue weighted by Crippen LogP contribution is -2.49. The van der Waals surface area contributed by atoms with Gasteiger partial charge in [-0.2, -0.15) is 0 Å². The number of amides is 2. The molecule has 7 heteroatoms. The first-order chi connectivity index (χ1) is 14.0. The lowest BCUT2D eigenvalue weighted by Gasteiger charge is -2.24. The molecular formula is C23H36N2O5. The number of nitrogens with one attached hydrogen (secondary N) is 2. The maximum absolute atomic E-state index is 13.0. The van der Waals surface area contributed by atoms with E-state index in [9.17, 15) is 19.5 Å². The zero-order valence-corrected chi connectivity index (χ0v) is 18.7. The van der Waals surface area contributed by atoms with Crippen molar-refractivity contribution >= 4 is 17.8 Å². The molecule has 0 heterocycles. The van der Waals surface area contributed by atoms with Crippen LogP contribution in [0.1, 0.15) is 58.9 Å². The summed E-state index contributed by atoms with van der Waals surface area (Å²) in [6.45, 7) is 7.00. The maximum atomic E-state index is 13.0. The predicted molar refractivity (Wildman–Crippen MR) is 116 cm³/mol. The number of aliphatic hydroxyl groups excluding tert-OH is 1. The highest BCUT2D eigenvalue weighted by molar-refractivity contribution is 5.90. The Morgan fingerprint density at radius 2 is 1.70 bits per heavy atom. The van der Waals surface area contributed by atoms with E-state index < -0.39 is 29.6 Å². The van der Waals surface area contributed by atoms with Crippen LogP contribution in [0, 0.1) is 5.92 Å². The van der Waals surface area contributed by atoms with Gasteiger partial charge in [0.15, 0.2) is 0 Å². The van der Waals surface area contributed by atoms with E-state index >= 15 is 0 Å². The normalized spacial score (nSPS) is 14.3. The van der Waals surface area contributed by atoms with Gasteiger partial charge in [-0.25, -0.2) is 0 Å². The van der Waals surface area contributed by atoms with Crippen molar-refractivity contribution in [3.63, 3.8) is 0 Å². The first-order valence-electron chi connectivity index (χ1n) is 10.5. The van der Waals surface area contributed by atoms with Crippen molar-refractivity contribution in [2.24, 2.45) is 5.92 Å². The molecule has 0 radical (unpaired) electrons. The van der Waals surface area contributed by atoms with Gasteiger partial charge in [-0.15, -0.1) is 0 Å². The average molecular weight is 421 g/mol. The minimum absolute atomic E-state index is 0.0747. The third-order valence-corrected chi connectivity index (χ3v) is 4.54. The maximum Gasteiger partial charge on any atom is 0.307 e. The van der Waals surface area contributed by atoms with Gasteiger partial charge in [0.1, 0.15) is 11.6 Å². The Kier molecular flexibility index (Phi) is 10.5.